The van der Waals surface area contributed by atoms with Gasteiger partial charge in [0, 0.05) is 12.1 Å². The number of hydrogen-bond acceptors (Lipinski definition) is 3. The normalized spacial score (nSPS) is 17.6. The van der Waals surface area contributed by atoms with Crippen LogP contribution in [0, 0.1) is 0 Å². The number of ether oxygens (including phenoxy) is 1. The van der Waals surface area contributed by atoms with Gasteiger partial charge < -0.3 is 15.8 Å². The number of alkyl halides is 3. The van der Waals surface area contributed by atoms with Crippen molar-refractivity contribution in [3.63, 3.8) is 0 Å². The molecule has 0 aromatic heterocycles. The fraction of sp³-hybridized carbons (Fsp3) is 0.500. The van der Waals surface area contributed by atoms with Crippen molar-refractivity contribution in [3.8, 4) is 0 Å². The molecule has 1 aromatic rings. The molecule has 0 fully saturated rings. The van der Waals surface area contributed by atoms with E-state index in [0.717, 1.165) is 24.0 Å². The molecule has 0 heterocycles. The lowest BCUT2D eigenvalue weighted by atomic mass is 10.1. The summed E-state index contributed by atoms with van der Waals surface area (Å²) in [4.78, 5) is 11.7. The van der Waals surface area contributed by atoms with Gasteiger partial charge >= 0.3 is 6.18 Å². The summed E-state index contributed by atoms with van der Waals surface area (Å²) >= 11 is 0. The molecular weight excluding hydrogens is 285 g/mol. The highest BCUT2D eigenvalue weighted by Gasteiger charge is 2.27. The number of rotatable bonds is 5. The van der Waals surface area contributed by atoms with Gasteiger partial charge in [-0.05, 0) is 36.1 Å². The standard InChI is InChI=1S/C14H17F3N2O2/c15-14(16,17)8-21-6-5-13(20)19-12-4-1-9-7-10(18)2-3-11(9)12/h2-3,7,12H,1,4-6,8,18H2,(H,19,20). The molecule has 21 heavy (non-hydrogen) atoms. The van der Waals surface area contributed by atoms with E-state index in [4.69, 9.17) is 5.73 Å². The molecule has 3 N–H and O–H groups in total. The number of hydrogen-bond donors (Lipinski definition) is 2. The highest BCUT2D eigenvalue weighted by molar-refractivity contribution is 5.76. The molecule has 1 unspecified atom stereocenters. The highest BCUT2D eigenvalue weighted by atomic mass is 19.4. The molecule has 0 saturated heterocycles. The first-order chi connectivity index (χ1) is 9.85. The van der Waals surface area contributed by atoms with Gasteiger partial charge in [0.2, 0.25) is 5.91 Å². The number of benzene rings is 1. The van der Waals surface area contributed by atoms with E-state index in [0.29, 0.717) is 5.69 Å². The minimum Gasteiger partial charge on any atom is -0.399 e. The molecule has 116 valence electrons. The van der Waals surface area contributed by atoms with Gasteiger partial charge in [-0.15, -0.1) is 0 Å². The number of carbonyl (C=O) groups is 1. The first kappa shape index (κ1) is 15.6. The van der Waals surface area contributed by atoms with Crippen LogP contribution in [0.5, 0.6) is 0 Å². The number of amides is 1. The predicted molar refractivity (Wildman–Crippen MR) is 71.6 cm³/mol. The number of anilines is 1. The lowest BCUT2D eigenvalue weighted by Gasteiger charge is -2.14. The number of halogens is 3. The summed E-state index contributed by atoms with van der Waals surface area (Å²) in [5.41, 5.74) is 8.51. The Hall–Kier alpha value is -1.76. The molecule has 4 nitrogen and oxygen atoms in total. The van der Waals surface area contributed by atoms with Crippen LogP contribution in [0.25, 0.3) is 0 Å². The Kier molecular flexibility index (Phi) is 4.72. The van der Waals surface area contributed by atoms with E-state index in [1.807, 2.05) is 12.1 Å². The minimum absolute atomic E-state index is 0.0864. The van der Waals surface area contributed by atoms with E-state index in [2.05, 4.69) is 10.1 Å². The average Bonchev–Trinajstić information content (AvgIpc) is 2.76. The molecule has 1 atom stereocenters. The van der Waals surface area contributed by atoms with E-state index >= 15 is 0 Å². The van der Waals surface area contributed by atoms with E-state index in [-0.39, 0.29) is 25.0 Å². The van der Waals surface area contributed by atoms with Gasteiger partial charge in [0.25, 0.3) is 0 Å². The van der Waals surface area contributed by atoms with Crippen molar-refractivity contribution in [3.05, 3.63) is 29.3 Å². The summed E-state index contributed by atoms with van der Waals surface area (Å²) < 4.78 is 40.0. The topological polar surface area (TPSA) is 64.3 Å². The van der Waals surface area contributed by atoms with Crippen molar-refractivity contribution < 1.29 is 22.7 Å². The van der Waals surface area contributed by atoms with Crippen molar-refractivity contribution in [1.82, 2.24) is 5.32 Å². The fourth-order valence-electron chi connectivity index (χ4n) is 2.41. The zero-order valence-electron chi connectivity index (χ0n) is 11.4. The smallest absolute Gasteiger partial charge is 0.399 e. The van der Waals surface area contributed by atoms with Crippen LogP contribution in [0.3, 0.4) is 0 Å². The van der Waals surface area contributed by atoms with Crippen LogP contribution in [0.2, 0.25) is 0 Å². The minimum atomic E-state index is -4.36. The first-order valence-corrected chi connectivity index (χ1v) is 6.67. The summed E-state index contributed by atoms with van der Waals surface area (Å²) in [7, 11) is 0. The van der Waals surface area contributed by atoms with Crippen molar-refractivity contribution in [2.45, 2.75) is 31.5 Å². The van der Waals surface area contributed by atoms with Gasteiger partial charge in [-0.25, -0.2) is 0 Å². The maximum Gasteiger partial charge on any atom is 0.411 e. The predicted octanol–water partition coefficient (Wildman–Crippen LogP) is 2.34. The number of fused-ring (bicyclic) bond motifs is 1. The van der Waals surface area contributed by atoms with Gasteiger partial charge in [-0.3, -0.25) is 4.79 Å². The van der Waals surface area contributed by atoms with E-state index < -0.39 is 12.8 Å². The lowest BCUT2D eigenvalue weighted by Crippen LogP contribution is -2.28. The third-order valence-corrected chi connectivity index (χ3v) is 3.32. The third kappa shape index (κ3) is 4.63. The van der Waals surface area contributed by atoms with Gasteiger partial charge in [-0.1, -0.05) is 6.07 Å². The second-order valence-corrected chi connectivity index (χ2v) is 5.03. The Labute approximate surface area is 120 Å². The van der Waals surface area contributed by atoms with Crippen molar-refractivity contribution in [1.29, 1.82) is 0 Å². The van der Waals surface area contributed by atoms with Gasteiger partial charge in [0.15, 0.2) is 0 Å². The number of nitrogens with one attached hydrogen (secondary N) is 1. The van der Waals surface area contributed by atoms with E-state index in [9.17, 15) is 18.0 Å². The van der Waals surface area contributed by atoms with Gasteiger partial charge in [0.1, 0.15) is 6.61 Å². The lowest BCUT2D eigenvalue weighted by molar-refractivity contribution is -0.174. The summed E-state index contributed by atoms with van der Waals surface area (Å²) in [6.45, 7) is -1.57. The maximum absolute atomic E-state index is 11.9. The molecule has 0 radical (unpaired) electrons. The average molecular weight is 302 g/mol. The molecule has 0 spiro atoms. The third-order valence-electron chi connectivity index (χ3n) is 3.32. The molecule has 0 saturated carbocycles. The zero-order valence-corrected chi connectivity index (χ0v) is 11.4. The molecule has 1 aliphatic carbocycles. The molecule has 1 amide bonds. The Bertz CT molecular complexity index is 517. The summed E-state index contributed by atoms with van der Waals surface area (Å²) in [5, 5.41) is 2.81. The quantitative estimate of drug-likeness (QED) is 0.648. The maximum atomic E-state index is 11.9. The molecule has 1 aliphatic rings. The summed E-state index contributed by atoms with van der Waals surface area (Å²) in [5.74, 6) is -0.313. The summed E-state index contributed by atoms with van der Waals surface area (Å²) in [6.07, 6.45) is -2.85. The summed E-state index contributed by atoms with van der Waals surface area (Å²) in [6, 6.07) is 5.43. The second kappa shape index (κ2) is 6.34. The monoisotopic (exact) mass is 302 g/mol. The van der Waals surface area contributed by atoms with Crippen molar-refractivity contribution in [2.75, 3.05) is 18.9 Å². The number of nitrogen functional groups attached to an aromatic ring is 1. The first-order valence-electron chi connectivity index (χ1n) is 6.67. The fourth-order valence-corrected chi connectivity index (χ4v) is 2.41. The number of nitrogens with two attached hydrogens (primary N) is 1. The molecular formula is C14H17F3N2O2. The van der Waals surface area contributed by atoms with Crippen LogP contribution < -0.4 is 11.1 Å². The Morgan fingerprint density at radius 1 is 1.43 bits per heavy atom. The van der Waals surface area contributed by atoms with Crippen molar-refractivity contribution >= 4 is 11.6 Å². The molecule has 1 aromatic carbocycles. The van der Waals surface area contributed by atoms with Crippen LogP contribution in [-0.4, -0.2) is 25.3 Å². The van der Waals surface area contributed by atoms with Crippen LogP contribution in [-0.2, 0) is 16.0 Å². The SMILES string of the molecule is Nc1ccc2c(c1)CCC2NC(=O)CCOCC(F)(F)F. The molecule has 2 rings (SSSR count). The van der Waals surface area contributed by atoms with Crippen LogP contribution >= 0.6 is 0 Å². The van der Waals surface area contributed by atoms with E-state index in [1.54, 1.807) is 6.07 Å². The van der Waals surface area contributed by atoms with Crippen molar-refractivity contribution in [2.24, 2.45) is 0 Å². The highest BCUT2D eigenvalue weighted by Crippen LogP contribution is 2.32. The second-order valence-electron chi connectivity index (χ2n) is 5.03. The number of aryl methyl sites for hydroxylation is 1. The van der Waals surface area contributed by atoms with E-state index in [1.165, 1.54) is 0 Å². The number of carbonyl (C=O) groups excluding carboxylic acids is 1. The molecule has 0 aliphatic heterocycles. The molecule has 7 heteroatoms. The Morgan fingerprint density at radius 2 is 2.19 bits per heavy atom. The largest absolute Gasteiger partial charge is 0.411 e. The Morgan fingerprint density at radius 3 is 2.90 bits per heavy atom. The van der Waals surface area contributed by atoms with Crippen LogP contribution in [0.15, 0.2) is 18.2 Å². The Balaban J connectivity index is 1.77. The zero-order chi connectivity index (χ0) is 15.5. The van der Waals surface area contributed by atoms with Crippen LogP contribution in [0.1, 0.15) is 30.0 Å². The molecule has 0 bridgehead atoms. The van der Waals surface area contributed by atoms with Crippen LogP contribution in [0.4, 0.5) is 18.9 Å². The van der Waals surface area contributed by atoms with Gasteiger partial charge in [0.05, 0.1) is 12.6 Å². The van der Waals surface area contributed by atoms with Gasteiger partial charge in [-0.2, -0.15) is 13.2 Å².